The SMILES string of the molecule is CCCN(CC1CC1)S(=O)(=O)c1ccc(Cl)cc1. The number of sulfonamides is 1. The van der Waals surface area contributed by atoms with Gasteiger partial charge in [0.15, 0.2) is 0 Å². The van der Waals surface area contributed by atoms with Crippen molar-refractivity contribution in [1.29, 1.82) is 0 Å². The lowest BCUT2D eigenvalue weighted by molar-refractivity contribution is 0.395. The van der Waals surface area contributed by atoms with Crippen LogP contribution in [0.25, 0.3) is 0 Å². The van der Waals surface area contributed by atoms with E-state index in [1.54, 1.807) is 28.6 Å². The lowest BCUT2D eigenvalue weighted by Crippen LogP contribution is -2.33. The van der Waals surface area contributed by atoms with Crippen LogP contribution in [0.5, 0.6) is 0 Å². The zero-order chi connectivity index (χ0) is 13.2. The second-order valence-corrected chi connectivity index (χ2v) is 7.13. The van der Waals surface area contributed by atoms with Gasteiger partial charge in [0, 0.05) is 18.1 Å². The van der Waals surface area contributed by atoms with E-state index in [1.165, 1.54) is 0 Å². The molecular weight excluding hydrogens is 270 g/mol. The molecule has 0 aliphatic heterocycles. The number of halogens is 1. The molecule has 1 fully saturated rings. The van der Waals surface area contributed by atoms with Crippen LogP contribution in [0.15, 0.2) is 29.2 Å². The zero-order valence-electron chi connectivity index (χ0n) is 10.5. The van der Waals surface area contributed by atoms with E-state index in [4.69, 9.17) is 11.6 Å². The van der Waals surface area contributed by atoms with E-state index < -0.39 is 10.0 Å². The fraction of sp³-hybridized carbons (Fsp3) is 0.538. The number of rotatable bonds is 6. The van der Waals surface area contributed by atoms with Gasteiger partial charge in [0.1, 0.15) is 0 Å². The van der Waals surface area contributed by atoms with Gasteiger partial charge in [0.2, 0.25) is 10.0 Å². The maximum atomic E-state index is 12.5. The summed E-state index contributed by atoms with van der Waals surface area (Å²) in [5, 5.41) is 0.554. The van der Waals surface area contributed by atoms with Gasteiger partial charge in [-0.25, -0.2) is 8.42 Å². The molecule has 0 aromatic heterocycles. The maximum Gasteiger partial charge on any atom is 0.243 e. The molecule has 1 aromatic carbocycles. The smallest absolute Gasteiger partial charge is 0.207 e. The van der Waals surface area contributed by atoms with Crippen molar-refractivity contribution in [3.8, 4) is 0 Å². The summed E-state index contributed by atoms with van der Waals surface area (Å²) < 4.78 is 26.6. The molecule has 0 radical (unpaired) electrons. The summed E-state index contributed by atoms with van der Waals surface area (Å²) >= 11 is 5.79. The Kier molecular flexibility index (Phi) is 4.30. The molecule has 0 heterocycles. The van der Waals surface area contributed by atoms with Gasteiger partial charge in [0.05, 0.1) is 4.90 Å². The average Bonchev–Trinajstić information content (AvgIpc) is 3.13. The van der Waals surface area contributed by atoms with E-state index in [0.717, 1.165) is 19.3 Å². The van der Waals surface area contributed by atoms with E-state index in [9.17, 15) is 8.42 Å². The molecule has 3 nitrogen and oxygen atoms in total. The first-order valence-electron chi connectivity index (χ1n) is 6.29. The van der Waals surface area contributed by atoms with Crippen molar-refractivity contribution in [1.82, 2.24) is 4.31 Å². The monoisotopic (exact) mass is 287 g/mol. The minimum absolute atomic E-state index is 0.334. The van der Waals surface area contributed by atoms with Crippen molar-refractivity contribution < 1.29 is 8.42 Å². The average molecular weight is 288 g/mol. The number of benzene rings is 1. The molecular formula is C13H18ClNO2S. The first-order chi connectivity index (χ1) is 8.54. The Balaban J connectivity index is 2.22. The van der Waals surface area contributed by atoms with Gasteiger partial charge in [-0.15, -0.1) is 0 Å². The number of hydrogen-bond donors (Lipinski definition) is 0. The first-order valence-corrected chi connectivity index (χ1v) is 8.11. The second-order valence-electron chi connectivity index (χ2n) is 4.76. The number of hydrogen-bond acceptors (Lipinski definition) is 2. The molecule has 0 N–H and O–H groups in total. The Bertz CT molecular complexity index is 494. The molecule has 0 spiro atoms. The van der Waals surface area contributed by atoms with Crippen molar-refractivity contribution in [3.05, 3.63) is 29.3 Å². The number of nitrogens with zero attached hydrogens (tertiary/aromatic N) is 1. The molecule has 0 bridgehead atoms. The molecule has 1 aliphatic rings. The molecule has 0 amide bonds. The molecule has 5 heteroatoms. The third kappa shape index (κ3) is 3.25. The summed E-state index contributed by atoms with van der Waals surface area (Å²) in [6, 6.07) is 6.39. The van der Waals surface area contributed by atoms with Crippen LogP contribution in [0.3, 0.4) is 0 Å². The summed E-state index contributed by atoms with van der Waals surface area (Å²) in [7, 11) is -3.36. The third-order valence-electron chi connectivity index (χ3n) is 3.08. The summed E-state index contributed by atoms with van der Waals surface area (Å²) in [6.07, 6.45) is 3.13. The minimum Gasteiger partial charge on any atom is -0.207 e. The van der Waals surface area contributed by atoms with Crippen LogP contribution in [-0.2, 0) is 10.0 Å². The van der Waals surface area contributed by atoms with Crippen molar-refractivity contribution in [2.45, 2.75) is 31.1 Å². The summed E-state index contributed by atoms with van der Waals surface area (Å²) in [6.45, 7) is 3.23. The highest BCUT2D eigenvalue weighted by Crippen LogP contribution is 2.31. The van der Waals surface area contributed by atoms with Crippen LogP contribution < -0.4 is 0 Å². The van der Waals surface area contributed by atoms with Gasteiger partial charge in [-0.05, 0) is 49.4 Å². The lowest BCUT2D eigenvalue weighted by atomic mass is 10.4. The molecule has 18 heavy (non-hydrogen) atoms. The standard InChI is InChI=1S/C13H18ClNO2S/c1-2-9-15(10-11-3-4-11)18(16,17)13-7-5-12(14)6-8-13/h5-8,11H,2-4,9-10H2,1H3. The van der Waals surface area contributed by atoms with Crippen LogP contribution in [-0.4, -0.2) is 25.8 Å². The Morgan fingerprint density at radius 3 is 2.39 bits per heavy atom. The van der Waals surface area contributed by atoms with Crippen LogP contribution in [0.4, 0.5) is 0 Å². The fourth-order valence-electron chi connectivity index (χ4n) is 1.90. The third-order valence-corrected chi connectivity index (χ3v) is 5.21. The quantitative estimate of drug-likeness (QED) is 0.806. The van der Waals surface area contributed by atoms with Crippen molar-refractivity contribution >= 4 is 21.6 Å². The predicted octanol–water partition coefficient (Wildman–Crippen LogP) is 3.15. The van der Waals surface area contributed by atoms with E-state index in [0.29, 0.717) is 28.9 Å². The molecule has 100 valence electrons. The second kappa shape index (κ2) is 5.59. The van der Waals surface area contributed by atoms with Gasteiger partial charge in [0.25, 0.3) is 0 Å². The highest BCUT2D eigenvalue weighted by Gasteiger charge is 2.30. The van der Waals surface area contributed by atoms with Gasteiger partial charge in [-0.1, -0.05) is 18.5 Å². The van der Waals surface area contributed by atoms with Crippen LogP contribution >= 0.6 is 11.6 Å². The topological polar surface area (TPSA) is 37.4 Å². The van der Waals surface area contributed by atoms with E-state index in [2.05, 4.69) is 0 Å². The molecule has 1 aliphatic carbocycles. The lowest BCUT2D eigenvalue weighted by Gasteiger charge is -2.21. The first kappa shape index (κ1) is 13.8. The predicted molar refractivity (Wildman–Crippen MR) is 73.2 cm³/mol. The van der Waals surface area contributed by atoms with Crippen molar-refractivity contribution in [2.24, 2.45) is 5.92 Å². The molecule has 1 saturated carbocycles. The van der Waals surface area contributed by atoms with Crippen LogP contribution in [0.2, 0.25) is 5.02 Å². The van der Waals surface area contributed by atoms with Gasteiger partial charge in [-0.3, -0.25) is 0 Å². The largest absolute Gasteiger partial charge is 0.243 e. The Hall–Kier alpha value is -0.580. The Morgan fingerprint density at radius 2 is 1.89 bits per heavy atom. The van der Waals surface area contributed by atoms with Crippen LogP contribution in [0.1, 0.15) is 26.2 Å². The molecule has 0 atom stereocenters. The van der Waals surface area contributed by atoms with E-state index in [-0.39, 0.29) is 0 Å². The molecule has 0 saturated heterocycles. The summed E-state index contributed by atoms with van der Waals surface area (Å²) in [5.41, 5.74) is 0. The highest BCUT2D eigenvalue weighted by molar-refractivity contribution is 7.89. The fourth-order valence-corrected chi connectivity index (χ4v) is 3.64. The maximum absolute atomic E-state index is 12.5. The Morgan fingerprint density at radius 1 is 1.28 bits per heavy atom. The summed E-state index contributed by atoms with van der Waals surface area (Å²) in [5.74, 6) is 0.554. The molecule has 1 aromatic rings. The van der Waals surface area contributed by atoms with Gasteiger partial charge in [-0.2, -0.15) is 4.31 Å². The summed E-state index contributed by atoms with van der Waals surface area (Å²) in [4.78, 5) is 0.334. The van der Waals surface area contributed by atoms with E-state index >= 15 is 0 Å². The van der Waals surface area contributed by atoms with Gasteiger partial charge < -0.3 is 0 Å². The minimum atomic E-state index is -3.36. The molecule has 2 rings (SSSR count). The normalized spacial score (nSPS) is 16.2. The van der Waals surface area contributed by atoms with Crippen molar-refractivity contribution in [2.75, 3.05) is 13.1 Å². The van der Waals surface area contributed by atoms with E-state index in [1.807, 2.05) is 6.92 Å². The van der Waals surface area contributed by atoms with Crippen LogP contribution in [0, 0.1) is 5.92 Å². The Labute approximate surface area is 114 Å². The highest BCUT2D eigenvalue weighted by atomic mass is 35.5. The zero-order valence-corrected chi connectivity index (χ0v) is 12.0. The van der Waals surface area contributed by atoms with Gasteiger partial charge >= 0.3 is 0 Å². The van der Waals surface area contributed by atoms with Crippen molar-refractivity contribution in [3.63, 3.8) is 0 Å². The molecule has 0 unspecified atom stereocenters.